The Morgan fingerprint density at radius 1 is 1.00 bits per heavy atom. The Hall–Kier alpha value is -3.06. The molecule has 8 heteroatoms. The fourth-order valence-electron chi connectivity index (χ4n) is 3.17. The molecule has 1 amide bonds. The number of rotatable bonds is 7. The molecule has 4 rings (SSSR count). The highest BCUT2D eigenvalue weighted by atomic mass is 79.9. The lowest BCUT2D eigenvalue weighted by Crippen LogP contribution is -2.19. The molecule has 5 nitrogen and oxygen atoms in total. The van der Waals surface area contributed by atoms with Crippen LogP contribution in [0.1, 0.15) is 21.5 Å². The molecule has 4 aromatic rings. The summed E-state index contributed by atoms with van der Waals surface area (Å²) in [5.41, 5.74) is 5.39. The van der Waals surface area contributed by atoms with E-state index in [0.717, 1.165) is 11.3 Å². The number of para-hydroxylation sites is 1. The van der Waals surface area contributed by atoms with Crippen molar-refractivity contribution in [2.24, 2.45) is 5.10 Å². The lowest BCUT2D eigenvalue weighted by Gasteiger charge is -2.12. The predicted molar refractivity (Wildman–Crippen MR) is 136 cm³/mol. The first kappa shape index (κ1) is 23.1. The fourth-order valence-corrected chi connectivity index (χ4v) is 4.35. The molecular weight excluding hydrogens is 525 g/mol. The van der Waals surface area contributed by atoms with Gasteiger partial charge in [-0.3, -0.25) is 4.79 Å². The Morgan fingerprint density at radius 3 is 2.48 bits per heavy atom. The SMILES string of the molecule is O=C(N/N=C\c1cc(Cl)c(OCc2ccccc2Cl)c(Br)c1)c1ccccc1-n1cccc1. The Bertz CT molecular complexity index is 1280. The maximum absolute atomic E-state index is 12.7. The number of carbonyl (C=O) groups is 1. The number of hydrazone groups is 1. The summed E-state index contributed by atoms with van der Waals surface area (Å²) in [5, 5.41) is 5.12. The van der Waals surface area contributed by atoms with Gasteiger partial charge in [-0.1, -0.05) is 53.5 Å². The Morgan fingerprint density at radius 2 is 1.73 bits per heavy atom. The highest BCUT2D eigenvalue weighted by molar-refractivity contribution is 9.10. The van der Waals surface area contributed by atoms with Gasteiger partial charge in [0.25, 0.3) is 5.91 Å². The van der Waals surface area contributed by atoms with E-state index >= 15 is 0 Å². The second kappa shape index (κ2) is 10.7. The number of hydrogen-bond acceptors (Lipinski definition) is 3. The first-order valence-electron chi connectivity index (χ1n) is 9.94. The molecule has 0 fully saturated rings. The van der Waals surface area contributed by atoms with Gasteiger partial charge < -0.3 is 9.30 Å². The molecule has 0 aliphatic heterocycles. The van der Waals surface area contributed by atoms with Crippen LogP contribution in [0.25, 0.3) is 5.69 Å². The van der Waals surface area contributed by atoms with Crippen molar-refractivity contribution >= 4 is 51.3 Å². The highest BCUT2D eigenvalue weighted by Crippen LogP contribution is 2.35. The summed E-state index contributed by atoms with van der Waals surface area (Å²) in [6.07, 6.45) is 5.28. The van der Waals surface area contributed by atoms with E-state index in [0.29, 0.717) is 31.4 Å². The van der Waals surface area contributed by atoms with Crippen molar-refractivity contribution in [2.45, 2.75) is 6.61 Å². The zero-order valence-corrected chi connectivity index (χ0v) is 20.3. The third-order valence-electron chi connectivity index (χ3n) is 4.76. The van der Waals surface area contributed by atoms with E-state index in [-0.39, 0.29) is 12.5 Å². The Kier molecular flexibility index (Phi) is 7.50. The van der Waals surface area contributed by atoms with Crippen LogP contribution in [0, 0.1) is 0 Å². The van der Waals surface area contributed by atoms with Crippen molar-refractivity contribution in [3.8, 4) is 11.4 Å². The molecule has 0 radical (unpaired) electrons. The number of nitrogens with one attached hydrogen (secondary N) is 1. The Labute approximate surface area is 209 Å². The minimum absolute atomic E-state index is 0.280. The molecule has 0 unspecified atom stereocenters. The van der Waals surface area contributed by atoms with E-state index in [2.05, 4.69) is 26.5 Å². The van der Waals surface area contributed by atoms with Gasteiger partial charge in [-0.15, -0.1) is 0 Å². The molecule has 0 aliphatic carbocycles. The van der Waals surface area contributed by atoms with Crippen molar-refractivity contribution in [3.63, 3.8) is 0 Å². The second-order valence-corrected chi connectivity index (χ2v) is 8.67. The normalized spacial score (nSPS) is 11.0. The van der Waals surface area contributed by atoms with Crippen molar-refractivity contribution in [3.05, 3.63) is 116 Å². The Balaban J connectivity index is 1.44. The number of benzene rings is 3. The van der Waals surface area contributed by atoms with Gasteiger partial charge in [-0.25, -0.2) is 5.43 Å². The molecule has 0 spiro atoms. The van der Waals surface area contributed by atoms with Crippen molar-refractivity contribution in [1.82, 2.24) is 9.99 Å². The number of amides is 1. The second-order valence-electron chi connectivity index (χ2n) is 7.00. The molecule has 1 N–H and O–H groups in total. The van der Waals surface area contributed by atoms with Crippen LogP contribution in [-0.2, 0) is 6.61 Å². The van der Waals surface area contributed by atoms with Crippen LogP contribution in [0.3, 0.4) is 0 Å². The fraction of sp³-hybridized carbons (Fsp3) is 0.0400. The number of aromatic nitrogens is 1. The van der Waals surface area contributed by atoms with E-state index in [9.17, 15) is 4.79 Å². The lowest BCUT2D eigenvalue weighted by atomic mass is 10.1. The summed E-state index contributed by atoms with van der Waals surface area (Å²) < 4.78 is 8.39. The summed E-state index contributed by atoms with van der Waals surface area (Å²) in [6.45, 7) is 0.280. The van der Waals surface area contributed by atoms with E-state index in [1.54, 1.807) is 18.2 Å². The van der Waals surface area contributed by atoms with Gasteiger partial charge in [-0.2, -0.15) is 5.10 Å². The van der Waals surface area contributed by atoms with Crippen LogP contribution in [0.2, 0.25) is 10.0 Å². The topological polar surface area (TPSA) is 55.6 Å². The molecule has 1 aromatic heterocycles. The summed E-state index contributed by atoms with van der Waals surface area (Å²) in [5.74, 6) is 0.179. The largest absolute Gasteiger partial charge is 0.486 e. The van der Waals surface area contributed by atoms with E-state index in [1.165, 1.54) is 6.21 Å². The van der Waals surface area contributed by atoms with Gasteiger partial charge in [0.1, 0.15) is 6.61 Å². The highest BCUT2D eigenvalue weighted by Gasteiger charge is 2.12. The smallest absolute Gasteiger partial charge is 0.273 e. The first-order chi connectivity index (χ1) is 16.0. The maximum atomic E-state index is 12.7. The number of nitrogens with zero attached hydrogens (tertiary/aromatic N) is 2. The van der Waals surface area contributed by atoms with Crippen molar-refractivity contribution in [2.75, 3.05) is 0 Å². The monoisotopic (exact) mass is 541 g/mol. The molecule has 0 saturated carbocycles. The minimum atomic E-state index is -0.319. The quantitative estimate of drug-likeness (QED) is 0.204. The van der Waals surface area contributed by atoms with Crippen LogP contribution >= 0.6 is 39.1 Å². The number of carbonyl (C=O) groups excluding carboxylic acids is 1. The van der Waals surface area contributed by atoms with Crippen LogP contribution in [0.5, 0.6) is 5.75 Å². The summed E-state index contributed by atoms with van der Waals surface area (Å²) in [7, 11) is 0. The molecular formula is C25H18BrCl2N3O2. The van der Waals surface area contributed by atoms with Gasteiger partial charge in [0.05, 0.1) is 27.0 Å². The number of ether oxygens (including phenoxy) is 1. The number of halogens is 3. The average Bonchev–Trinajstić information content (AvgIpc) is 3.34. The van der Waals surface area contributed by atoms with Gasteiger partial charge in [0.2, 0.25) is 0 Å². The molecule has 1 heterocycles. The van der Waals surface area contributed by atoms with Crippen LogP contribution < -0.4 is 10.2 Å². The van der Waals surface area contributed by atoms with Gasteiger partial charge in [0.15, 0.2) is 5.75 Å². The predicted octanol–water partition coefficient (Wildman–Crippen LogP) is 6.89. The molecule has 33 heavy (non-hydrogen) atoms. The van der Waals surface area contributed by atoms with Crippen molar-refractivity contribution < 1.29 is 9.53 Å². The van der Waals surface area contributed by atoms with E-state index in [1.807, 2.05) is 71.6 Å². The molecule has 3 aromatic carbocycles. The van der Waals surface area contributed by atoms with Crippen LogP contribution in [-0.4, -0.2) is 16.7 Å². The maximum Gasteiger partial charge on any atom is 0.273 e. The summed E-state index contributed by atoms with van der Waals surface area (Å²) in [4.78, 5) is 12.7. The average molecular weight is 543 g/mol. The molecule has 0 aliphatic rings. The van der Waals surface area contributed by atoms with Gasteiger partial charge >= 0.3 is 0 Å². The van der Waals surface area contributed by atoms with E-state index < -0.39 is 0 Å². The van der Waals surface area contributed by atoms with Gasteiger partial charge in [-0.05, 0) is 64.0 Å². The summed E-state index contributed by atoms with van der Waals surface area (Å²) in [6, 6.07) is 22.1. The molecule has 0 atom stereocenters. The van der Waals surface area contributed by atoms with Crippen LogP contribution in [0.4, 0.5) is 0 Å². The van der Waals surface area contributed by atoms with E-state index in [4.69, 9.17) is 27.9 Å². The van der Waals surface area contributed by atoms with Crippen molar-refractivity contribution in [1.29, 1.82) is 0 Å². The van der Waals surface area contributed by atoms with Crippen LogP contribution in [0.15, 0.2) is 94.8 Å². The zero-order chi connectivity index (χ0) is 23.2. The standard InChI is InChI=1S/C25H18BrCl2N3O2/c26-20-13-17(14-22(28)24(20)33-16-18-7-1-3-9-21(18)27)15-29-30-25(32)19-8-2-4-10-23(19)31-11-5-6-12-31/h1-15H,16H2,(H,30,32)/b29-15-. The molecule has 0 saturated heterocycles. The minimum Gasteiger partial charge on any atom is -0.486 e. The lowest BCUT2D eigenvalue weighted by molar-refractivity contribution is 0.0955. The molecule has 166 valence electrons. The summed E-state index contributed by atoms with van der Waals surface area (Å²) >= 11 is 16.1. The third-order valence-corrected chi connectivity index (χ3v) is 6.00. The third kappa shape index (κ3) is 5.66. The number of hydrogen-bond donors (Lipinski definition) is 1. The van der Waals surface area contributed by atoms with Gasteiger partial charge in [0, 0.05) is 23.0 Å². The first-order valence-corrected chi connectivity index (χ1v) is 11.5. The molecule has 0 bridgehead atoms. The zero-order valence-electron chi connectivity index (χ0n) is 17.2.